The first-order valence-electron chi connectivity index (χ1n) is 11.7. The number of likely N-dealkylation sites (tertiary alicyclic amines) is 1. The number of hydrogen-bond acceptors (Lipinski definition) is 3. The Balaban J connectivity index is 1.48. The molecule has 1 saturated heterocycles. The number of hydrogen-bond donors (Lipinski definition) is 1. The Morgan fingerprint density at radius 3 is 2.38 bits per heavy atom. The Morgan fingerprint density at radius 1 is 1.00 bits per heavy atom. The van der Waals surface area contributed by atoms with Crippen LogP contribution in [0.4, 0.5) is 5.69 Å². The van der Waals surface area contributed by atoms with Gasteiger partial charge in [-0.3, -0.25) is 9.59 Å². The van der Waals surface area contributed by atoms with Crippen molar-refractivity contribution in [1.29, 1.82) is 0 Å². The van der Waals surface area contributed by atoms with Crippen molar-refractivity contribution in [3.63, 3.8) is 0 Å². The van der Waals surface area contributed by atoms with E-state index in [0.717, 1.165) is 50.1 Å². The van der Waals surface area contributed by atoms with Crippen LogP contribution >= 0.6 is 0 Å². The van der Waals surface area contributed by atoms with Crippen LogP contribution in [0.1, 0.15) is 67.4 Å². The van der Waals surface area contributed by atoms with E-state index in [1.807, 2.05) is 43.9 Å². The van der Waals surface area contributed by atoms with E-state index in [1.54, 1.807) is 12.1 Å². The van der Waals surface area contributed by atoms with Crippen LogP contribution in [0, 0.1) is 19.3 Å². The topological polar surface area (TPSA) is 58.6 Å². The van der Waals surface area contributed by atoms with E-state index in [4.69, 9.17) is 4.74 Å². The SMILES string of the molecule is Cc1ccc(C)c(OCCCC(C)(C)C(=O)Nc2ccc(C(=O)N3CCCCC3)cc2)c1. The summed E-state index contributed by atoms with van der Waals surface area (Å²) in [6.07, 6.45) is 4.85. The van der Waals surface area contributed by atoms with Crippen molar-refractivity contribution < 1.29 is 14.3 Å². The highest BCUT2D eigenvalue weighted by Crippen LogP contribution is 2.26. The molecule has 0 radical (unpaired) electrons. The number of ether oxygens (including phenoxy) is 1. The number of anilines is 1. The van der Waals surface area contributed by atoms with Crippen LogP contribution in [-0.4, -0.2) is 36.4 Å². The van der Waals surface area contributed by atoms with Crippen LogP contribution in [0.15, 0.2) is 42.5 Å². The van der Waals surface area contributed by atoms with Crippen molar-refractivity contribution in [1.82, 2.24) is 4.90 Å². The number of amides is 2. The van der Waals surface area contributed by atoms with Gasteiger partial charge in [-0.05, 0) is 87.4 Å². The molecule has 0 aromatic heterocycles. The zero-order valence-corrected chi connectivity index (χ0v) is 19.9. The molecule has 1 fully saturated rings. The minimum Gasteiger partial charge on any atom is -0.493 e. The molecule has 0 unspecified atom stereocenters. The van der Waals surface area contributed by atoms with E-state index in [2.05, 4.69) is 24.4 Å². The number of carbonyl (C=O) groups is 2. The number of nitrogens with one attached hydrogen (secondary N) is 1. The summed E-state index contributed by atoms with van der Waals surface area (Å²) in [7, 11) is 0. The molecule has 5 nitrogen and oxygen atoms in total. The summed E-state index contributed by atoms with van der Waals surface area (Å²) in [4.78, 5) is 27.4. The largest absolute Gasteiger partial charge is 0.493 e. The molecule has 1 aliphatic heterocycles. The molecule has 0 bridgehead atoms. The van der Waals surface area contributed by atoms with Gasteiger partial charge in [0.2, 0.25) is 5.91 Å². The summed E-state index contributed by atoms with van der Waals surface area (Å²) in [6.45, 7) is 10.2. The minimum absolute atomic E-state index is 0.0284. The van der Waals surface area contributed by atoms with Gasteiger partial charge in [0.15, 0.2) is 0 Å². The summed E-state index contributed by atoms with van der Waals surface area (Å²) in [6, 6.07) is 13.4. The van der Waals surface area contributed by atoms with Gasteiger partial charge < -0.3 is 15.0 Å². The van der Waals surface area contributed by atoms with Crippen molar-refractivity contribution in [2.24, 2.45) is 5.41 Å². The lowest BCUT2D eigenvalue weighted by atomic mass is 9.87. The zero-order valence-electron chi connectivity index (χ0n) is 19.9. The normalized spacial score (nSPS) is 14.2. The third-order valence-electron chi connectivity index (χ3n) is 6.20. The molecule has 2 aromatic rings. The molecule has 5 heteroatoms. The molecule has 32 heavy (non-hydrogen) atoms. The molecule has 1 aliphatic rings. The number of nitrogens with zero attached hydrogens (tertiary/aromatic N) is 1. The van der Waals surface area contributed by atoms with Crippen LogP contribution < -0.4 is 10.1 Å². The highest BCUT2D eigenvalue weighted by Gasteiger charge is 2.27. The Kier molecular flexibility index (Phi) is 7.94. The molecule has 3 rings (SSSR count). The second-order valence-electron chi connectivity index (χ2n) is 9.49. The average molecular weight is 437 g/mol. The van der Waals surface area contributed by atoms with Gasteiger partial charge in [-0.2, -0.15) is 0 Å². The van der Waals surface area contributed by atoms with Crippen molar-refractivity contribution in [2.45, 2.75) is 59.8 Å². The fourth-order valence-corrected chi connectivity index (χ4v) is 3.95. The summed E-state index contributed by atoms with van der Waals surface area (Å²) < 4.78 is 5.93. The zero-order chi connectivity index (χ0) is 23.1. The Bertz CT molecular complexity index is 928. The Morgan fingerprint density at radius 2 is 1.69 bits per heavy atom. The third kappa shape index (κ3) is 6.35. The lowest BCUT2D eigenvalue weighted by molar-refractivity contribution is -0.124. The molecule has 172 valence electrons. The fraction of sp³-hybridized carbons (Fsp3) is 0.481. The second-order valence-corrected chi connectivity index (χ2v) is 9.49. The number of rotatable bonds is 8. The van der Waals surface area contributed by atoms with E-state index < -0.39 is 5.41 Å². The predicted octanol–water partition coefficient (Wildman–Crippen LogP) is 5.75. The van der Waals surface area contributed by atoms with E-state index in [1.165, 1.54) is 12.0 Å². The maximum Gasteiger partial charge on any atom is 0.253 e. The van der Waals surface area contributed by atoms with Gasteiger partial charge in [0.1, 0.15) is 5.75 Å². The monoisotopic (exact) mass is 436 g/mol. The minimum atomic E-state index is -0.521. The van der Waals surface area contributed by atoms with Gasteiger partial charge in [-0.25, -0.2) is 0 Å². The van der Waals surface area contributed by atoms with Gasteiger partial charge in [0, 0.05) is 29.8 Å². The standard InChI is InChI=1S/C27H36N2O3/c1-20-9-10-21(2)24(19-20)32-18-8-15-27(3,4)26(31)28-23-13-11-22(12-14-23)25(30)29-16-6-5-7-17-29/h9-14,19H,5-8,15-18H2,1-4H3,(H,28,31). The summed E-state index contributed by atoms with van der Waals surface area (Å²) in [5.74, 6) is 0.956. The second kappa shape index (κ2) is 10.7. The lowest BCUT2D eigenvalue weighted by Crippen LogP contribution is -2.35. The highest BCUT2D eigenvalue weighted by molar-refractivity contribution is 5.97. The summed E-state index contributed by atoms with van der Waals surface area (Å²) in [5.41, 5.74) is 3.16. The fourth-order valence-electron chi connectivity index (χ4n) is 3.95. The highest BCUT2D eigenvalue weighted by atomic mass is 16.5. The van der Waals surface area contributed by atoms with Crippen molar-refractivity contribution in [2.75, 3.05) is 25.0 Å². The first-order valence-corrected chi connectivity index (χ1v) is 11.7. The molecule has 2 aromatic carbocycles. The molecule has 0 saturated carbocycles. The summed E-state index contributed by atoms with van der Waals surface area (Å²) >= 11 is 0. The summed E-state index contributed by atoms with van der Waals surface area (Å²) in [5, 5.41) is 3.00. The molecule has 0 spiro atoms. The average Bonchev–Trinajstić information content (AvgIpc) is 2.79. The molecule has 1 heterocycles. The van der Waals surface area contributed by atoms with Gasteiger partial charge in [0.25, 0.3) is 5.91 Å². The van der Waals surface area contributed by atoms with E-state index >= 15 is 0 Å². The van der Waals surface area contributed by atoms with Gasteiger partial charge in [-0.15, -0.1) is 0 Å². The maximum atomic E-state index is 12.8. The first kappa shape index (κ1) is 23.8. The van der Waals surface area contributed by atoms with Crippen LogP contribution in [0.2, 0.25) is 0 Å². The van der Waals surface area contributed by atoms with Gasteiger partial charge in [0.05, 0.1) is 6.61 Å². The maximum absolute atomic E-state index is 12.8. The number of carbonyl (C=O) groups excluding carboxylic acids is 2. The first-order chi connectivity index (χ1) is 15.3. The predicted molar refractivity (Wildman–Crippen MR) is 129 cm³/mol. The number of benzene rings is 2. The quantitative estimate of drug-likeness (QED) is 0.536. The lowest BCUT2D eigenvalue weighted by Gasteiger charge is -2.27. The third-order valence-corrected chi connectivity index (χ3v) is 6.20. The number of aryl methyl sites for hydroxylation is 2. The van der Waals surface area contributed by atoms with E-state index in [0.29, 0.717) is 17.9 Å². The molecule has 0 atom stereocenters. The van der Waals surface area contributed by atoms with Crippen LogP contribution in [0.25, 0.3) is 0 Å². The smallest absolute Gasteiger partial charge is 0.253 e. The van der Waals surface area contributed by atoms with Crippen molar-refractivity contribution >= 4 is 17.5 Å². The Labute approximate surface area is 192 Å². The molecular formula is C27H36N2O3. The van der Waals surface area contributed by atoms with Gasteiger partial charge >= 0.3 is 0 Å². The van der Waals surface area contributed by atoms with Crippen LogP contribution in [0.5, 0.6) is 5.75 Å². The van der Waals surface area contributed by atoms with Crippen LogP contribution in [-0.2, 0) is 4.79 Å². The Hall–Kier alpha value is -2.82. The van der Waals surface area contributed by atoms with Gasteiger partial charge in [-0.1, -0.05) is 26.0 Å². The van der Waals surface area contributed by atoms with Crippen molar-refractivity contribution in [3.05, 3.63) is 59.2 Å². The van der Waals surface area contributed by atoms with E-state index in [-0.39, 0.29) is 11.8 Å². The molecular weight excluding hydrogens is 400 g/mol. The van der Waals surface area contributed by atoms with E-state index in [9.17, 15) is 9.59 Å². The van der Waals surface area contributed by atoms with Crippen LogP contribution in [0.3, 0.4) is 0 Å². The number of piperidine rings is 1. The molecule has 1 N–H and O–H groups in total. The molecule has 0 aliphatic carbocycles. The molecule has 2 amide bonds. The van der Waals surface area contributed by atoms with Crippen molar-refractivity contribution in [3.8, 4) is 5.75 Å².